The first-order chi connectivity index (χ1) is 16.4. The van der Waals surface area contributed by atoms with Gasteiger partial charge in [0.25, 0.3) is 11.1 Å². The predicted octanol–water partition coefficient (Wildman–Crippen LogP) is 4.54. The first-order valence-corrected chi connectivity index (χ1v) is 11.7. The summed E-state index contributed by atoms with van der Waals surface area (Å²) in [6.07, 6.45) is 6.83. The van der Waals surface area contributed by atoms with E-state index in [0.717, 1.165) is 16.7 Å². The van der Waals surface area contributed by atoms with Crippen LogP contribution in [0.5, 0.6) is 17.2 Å². The summed E-state index contributed by atoms with van der Waals surface area (Å²) in [5.41, 5.74) is 1.05. The Balaban J connectivity index is 1.78. The monoisotopic (exact) mass is 544 g/mol. The number of anilines is 1. The number of terminal acetylenes is 1. The van der Waals surface area contributed by atoms with Crippen molar-refractivity contribution in [3.05, 3.63) is 51.3 Å². The van der Waals surface area contributed by atoms with E-state index in [4.69, 9.17) is 20.6 Å². The Bertz CT molecular complexity index is 1190. The zero-order valence-electron chi connectivity index (χ0n) is 18.4. The molecule has 1 aliphatic heterocycles. The van der Waals surface area contributed by atoms with Crippen molar-refractivity contribution in [1.82, 2.24) is 4.90 Å². The molecule has 2 aromatic rings. The highest BCUT2D eigenvalue weighted by atomic mass is 79.9. The Hall–Kier alpha value is -3.42. The average Bonchev–Trinajstić information content (AvgIpc) is 3.06. The Morgan fingerprint density at radius 3 is 2.71 bits per heavy atom. The number of hydrogen-bond donors (Lipinski definition) is 1. The summed E-state index contributed by atoms with van der Waals surface area (Å²) in [4.78, 5) is 38.9. The van der Waals surface area contributed by atoms with Crippen molar-refractivity contribution in [2.75, 3.05) is 32.2 Å². The standard InChI is InChI=1S/C24H21BrN2O6S/c1-4-10-33-22-16(25)11-15(12-19(22)32-5-2)13-20-23(29)27(24(30)34-20)14-21(28)26-17-8-6-7-9-18(17)31-3/h1,6-9,11-13H,5,10,14H2,2-3H3,(H,26,28)/b20-13-. The van der Waals surface area contributed by atoms with Crippen molar-refractivity contribution < 1.29 is 28.6 Å². The van der Waals surface area contributed by atoms with Gasteiger partial charge in [-0.2, -0.15) is 0 Å². The third-order valence-electron chi connectivity index (χ3n) is 4.49. The maximum Gasteiger partial charge on any atom is 0.294 e. The average molecular weight is 545 g/mol. The zero-order chi connectivity index (χ0) is 24.7. The fourth-order valence-corrected chi connectivity index (χ4v) is 4.47. The third kappa shape index (κ3) is 5.92. The lowest BCUT2D eigenvalue weighted by Gasteiger charge is -2.14. The number of benzene rings is 2. The summed E-state index contributed by atoms with van der Waals surface area (Å²) in [5, 5.41) is 2.12. The lowest BCUT2D eigenvalue weighted by molar-refractivity contribution is -0.127. The number of amides is 3. The molecule has 8 nitrogen and oxygen atoms in total. The van der Waals surface area contributed by atoms with Gasteiger partial charge in [0.15, 0.2) is 11.5 Å². The summed E-state index contributed by atoms with van der Waals surface area (Å²) in [7, 11) is 1.48. The Morgan fingerprint density at radius 1 is 1.24 bits per heavy atom. The molecule has 3 amide bonds. The molecule has 0 aromatic heterocycles. The van der Waals surface area contributed by atoms with E-state index in [1.54, 1.807) is 42.5 Å². The molecule has 1 N–H and O–H groups in total. The SMILES string of the molecule is C#CCOc1c(Br)cc(/C=C2\SC(=O)N(CC(=O)Nc3ccccc3OC)C2=O)cc1OCC. The van der Waals surface area contributed by atoms with Crippen LogP contribution in [0.25, 0.3) is 6.08 Å². The van der Waals surface area contributed by atoms with Gasteiger partial charge in [-0.05, 0) is 70.5 Å². The molecule has 2 aromatic carbocycles. The Labute approximate surface area is 209 Å². The van der Waals surface area contributed by atoms with Gasteiger partial charge < -0.3 is 19.5 Å². The predicted molar refractivity (Wildman–Crippen MR) is 134 cm³/mol. The molecule has 0 aliphatic carbocycles. The van der Waals surface area contributed by atoms with Gasteiger partial charge in [0.1, 0.15) is 18.9 Å². The van der Waals surface area contributed by atoms with Gasteiger partial charge >= 0.3 is 0 Å². The molecular formula is C24H21BrN2O6S. The highest BCUT2D eigenvalue weighted by molar-refractivity contribution is 9.10. The van der Waals surface area contributed by atoms with Gasteiger partial charge in [-0.1, -0.05) is 18.1 Å². The van der Waals surface area contributed by atoms with E-state index >= 15 is 0 Å². The van der Waals surface area contributed by atoms with Crippen LogP contribution in [0.3, 0.4) is 0 Å². The van der Waals surface area contributed by atoms with Crippen LogP contribution < -0.4 is 19.5 Å². The number of nitrogens with one attached hydrogen (secondary N) is 1. The van der Waals surface area contributed by atoms with E-state index in [9.17, 15) is 14.4 Å². The number of nitrogens with zero attached hydrogens (tertiary/aromatic N) is 1. The number of hydrogen-bond acceptors (Lipinski definition) is 7. The first-order valence-electron chi connectivity index (χ1n) is 10.1. The fourth-order valence-electron chi connectivity index (χ4n) is 3.06. The van der Waals surface area contributed by atoms with Gasteiger partial charge in [-0.25, -0.2) is 0 Å². The molecule has 0 bridgehead atoms. The first kappa shape index (κ1) is 25.2. The lowest BCUT2D eigenvalue weighted by atomic mass is 10.2. The molecule has 0 spiro atoms. The fraction of sp³-hybridized carbons (Fsp3) is 0.208. The van der Waals surface area contributed by atoms with E-state index in [1.807, 2.05) is 6.92 Å². The number of carbonyl (C=O) groups excluding carboxylic acids is 3. The van der Waals surface area contributed by atoms with Crippen LogP contribution in [0.1, 0.15) is 12.5 Å². The molecule has 10 heteroatoms. The highest BCUT2D eigenvalue weighted by Gasteiger charge is 2.36. The molecule has 1 aliphatic rings. The number of thioether (sulfide) groups is 1. The number of para-hydroxylation sites is 2. The maximum atomic E-state index is 12.9. The second-order valence-corrected chi connectivity index (χ2v) is 8.62. The van der Waals surface area contributed by atoms with Crippen LogP contribution in [-0.4, -0.2) is 48.8 Å². The zero-order valence-corrected chi connectivity index (χ0v) is 20.8. The van der Waals surface area contributed by atoms with Gasteiger partial charge in [0.05, 0.1) is 28.8 Å². The maximum absolute atomic E-state index is 12.9. The molecule has 0 atom stereocenters. The van der Waals surface area contributed by atoms with Gasteiger partial charge in [-0.3, -0.25) is 19.3 Å². The summed E-state index contributed by atoms with van der Waals surface area (Å²) in [5.74, 6) is 2.66. The van der Waals surface area contributed by atoms with Gasteiger partial charge in [-0.15, -0.1) is 6.42 Å². The molecule has 3 rings (SSSR count). The van der Waals surface area contributed by atoms with Crippen molar-refractivity contribution in [1.29, 1.82) is 0 Å². The van der Waals surface area contributed by atoms with Crippen molar-refractivity contribution >= 4 is 56.5 Å². The minimum atomic E-state index is -0.563. The topological polar surface area (TPSA) is 94.2 Å². The Kier molecular flexibility index (Phi) is 8.62. The number of methoxy groups -OCH3 is 1. The molecule has 0 unspecified atom stereocenters. The van der Waals surface area contributed by atoms with Crippen LogP contribution in [-0.2, 0) is 9.59 Å². The largest absolute Gasteiger partial charge is 0.495 e. The van der Waals surface area contributed by atoms with Crippen LogP contribution in [0.2, 0.25) is 0 Å². The molecule has 0 saturated carbocycles. The molecule has 1 fully saturated rings. The van der Waals surface area contributed by atoms with Crippen molar-refractivity contribution in [2.45, 2.75) is 6.92 Å². The summed E-state index contributed by atoms with van der Waals surface area (Å²) in [6, 6.07) is 10.3. The van der Waals surface area contributed by atoms with Crippen LogP contribution >= 0.6 is 27.7 Å². The summed E-state index contributed by atoms with van der Waals surface area (Å²) in [6.45, 7) is 1.85. The molecule has 1 saturated heterocycles. The normalized spacial score (nSPS) is 14.2. The summed E-state index contributed by atoms with van der Waals surface area (Å²) < 4.78 is 17.0. The number of imide groups is 1. The van der Waals surface area contributed by atoms with Gasteiger partial charge in [0, 0.05) is 0 Å². The van der Waals surface area contributed by atoms with E-state index in [2.05, 4.69) is 27.2 Å². The minimum absolute atomic E-state index is 0.0633. The second-order valence-electron chi connectivity index (χ2n) is 6.77. The Morgan fingerprint density at radius 2 is 2.00 bits per heavy atom. The van der Waals surface area contributed by atoms with E-state index in [-0.39, 0.29) is 11.5 Å². The van der Waals surface area contributed by atoms with Crippen molar-refractivity contribution in [3.63, 3.8) is 0 Å². The number of ether oxygens (including phenoxy) is 3. The molecule has 1 heterocycles. The quantitative estimate of drug-likeness (QED) is 0.365. The second kappa shape index (κ2) is 11.6. The highest BCUT2D eigenvalue weighted by Crippen LogP contribution is 2.39. The molecule has 0 radical (unpaired) electrons. The van der Waals surface area contributed by atoms with Crippen LogP contribution in [0.15, 0.2) is 45.8 Å². The number of carbonyl (C=O) groups is 3. The number of halogens is 1. The smallest absolute Gasteiger partial charge is 0.294 e. The molecule has 34 heavy (non-hydrogen) atoms. The van der Waals surface area contributed by atoms with E-state index < -0.39 is 23.6 Å². The van der Waals surface area contributed by atoms with E-state index in [1.165, 1.54) is 7.11 Å². The minimum Gasteiger partial charge on any atom is -0.495 e. The molecule has 176 valence electrons. The van der Waals surface area contributed by atoms with Crippen molar-refractivity contribution in [2.24, 2.45) is 0 Å². The van der Waals surface area contributed by atoms with Crippen LogP contribution in [0, 0.1) is 12.3 Å². The molecular weight excluding hydrogens is 524 g/mol. The number of rotatable bonds is 9. The summed E-state index contributed by atoms with van der Waals surface area (Å²) >= 11 is 4.18. The third-order valence-corrected chi connectivity index (χ3v) is 5.98. The van der Waals surface area contributed by atoms with Crippen molar-refractivity contribution in [3.8, 4) is 29.6 Å². The van der Waals surface area contributed by atoms with Crippen LogP contribution in [0.4, 0.5) is 10.5 Å². The van der Waals surface area contributed by atoms with Gasteiger partial charge in [0.2, 0.25) is 5.91 Å². The van der Waals surface area contributed by atoms with E-state index in [0.29, 0.717) is 39.6 Å². The lowest BCUT2D eigenvalue weighted by Crippen LogP contribution is -2.36.